The van der Waals surface area contributed by atoms with Gasteiger partial charge in [-0.2, -0.15) is 0 Å². The van der Waals surface area contributed by atoms with E-state index in [0.29, 0.717) is 29.1 Å². The number of amides is 2. The minimum Gasteiger partial charge on any atom is -0.354 e. The SMILES string of the molecule is CC[C@H](C(=O)NCC(C)C)N(Cc1ccccc1Cl)C(=O)Cc1ccccc1[N+](=O)[O-]. The molecule has 0 aliphatic heterocycles. The number of carbonyl (C=O) groups excluding carboxylic acids is 2. The third-order valence-corrected chi connectivity index (χ3v) is 5.27. The van der Waals surface area contributed by atoms with Crippen LogP contribution in [0.4, 0.5) is 5.69 Å². The summed E-state index contributed by atoms with van der Waals surface area (Å²) in [6.07, 6.45) is 0.215. The monoisotopic (exact) mass is 445 g/mol. The van der Waals surface area contributed by atoms with Crippen LogP contribution in [0.2, 0.25) is 5.02 Å². The van der Waals surface area contributed by atoms with Crippen LogP contribution in [-0.4, -0.2) is 34.2 Å². The summed E-state index contributed by atoms with van der Waals surface area (Å²) in [6, 6.07) is 12.5. The van der Waals surface area contributed by atoms with E-state index in [9.17, 15) is 19.7 Å². The molecule has 31 heavy (non-hydrogen) atoms. The zero-order valence-electron chi connectivity index (χ0n) is 18.0. The number of hydrogen-bond donors (Lipinski definition) is 1. The molecule has 166 valence electrons. The van der Waals surface area contributed by atoms with Gasteiger partial charge in [0.1, 0.15) is 6.04 Å². The van der Waals surface area contributed by atoms with Gasteiger partial charge in [-0.3, -0.25) is 19.7 Å². The molecule has 2 rings (SSSR count). The summed E-state index contributed by atoms with van der Waals surface area (Å²) < 4.78 is 0. The molecular weight excluding hydrogens is 418 g/mol. The van der Waals surface area contributed by atoms with Crippen LogP contribution in [0.25, 0.3) is 0 Å². The lowest BCUT2D eigenvalue weighted by Gasteiger charge is -2.31. The fourth-order valence-corrected chi connectivity index (χ4v) is 3.45. The number of nitrogens with zero attached hydrogens (tertiary/aromatic N) is 2. The molecule has 0 aliphatic rings. The van der Waals surface area contributed by atoms with Crippen LogP contribution in [-0.2, 0) is 22.6 Å². The van der Waals surface area contributed by atoms with Crippen molar-refractivity contribution in [2.24, 2.45) is 5.92 Å². The standard InChI is InChI=1S/C23H28ClN3O4/c1-4-20(23(29)25-14-16(2)3)26(15-18-10-5-7-11-19(18)24)22(28)13-17-9-6-8-12-21(17)27(30)31/h5-12,16,20H,4,13-15H2,1-3H3,(H,25,29)/t20-/m1/s1. The average molecular weight is 446 g/mol. The van der Waals surface area contributed by atoms with Gasteiger partial charge in [0.25, 0.3) is 5.69 Å². The zero-order chi connectivity index (χ0) is 23.0. The minimum atomic E-state index is -0.717. The van der Waals surface area contributed by atoms with E-state index >= 15 is 0 Å². The van der Waals surface area contributed by atoms with Gasteiger partial charge in [-0.15, -0.1) is 0 Å². The number of hydrogen-bond acceptors (Lipinski definition) is 4. The molecule has 0 unspecified atom stereocenters. The van der Waals surface area contributed by atoms with Crippen molar-refractivity contribution >= 4 is 29.1 Å². The Hall–Kier alpha value is -2.93. The lowest BCUT2D eigenvalue weighted by molar-refractivity contribution is -0.385. The van der Waals surface area contributed by atoms with Crippen molar-refractivity contribution in [3.63, 3.8) is 0 Å². The largest absolute Gasteiger partial charge is 0.354 e. The van der Waals surface area contributed by atoms with Gasteiger partial charge in [-0.25, -0.2) is 0 Å². The third-order valence-electron chi connectivity index (χ3n) is 4.90. The van der Waals surface area contributed by atoms with Crippen LogP contribution in [0.5, 0.6) is 0 Å². The Labute approximate surface area is 187 Å². The molecule has 2 amide bonds. The first-order chi connectivity index (χ1) is 14.7. The molecule has 0 aromatic heterocycles. The van der Waals surface area contributed by atoms with Crippen LogP contribution in [0.1, 0.15) is 38.3 Å². The summed E-state index contributed by atoms with van der Waals surface area (Å²) in [7, 11) is 0. The maximum absolute atomic E-state index is 13.3. The van der Waals surface area contributed by atoms with Crippen LogP contribution >= 0.6 is 11.6 Å². The van der Waals surface area contributed by atoms with Crippen LogP contribution in [0.3, 0.4) is 0 Å². The molecule has 0 fully saturated rings. The van der Waals surface area contributed by atoms with Gasteiger partial charge < -0.3 is 10.2 Å². The Balaban J connectivity index is 2.36. The summed E-state index contributed by atoms with van der Waals surface area (Å²) in [4.78, 5) is 38.5. The Bertz CT molecular complexity index is 933. The number of nitro groups is 1. The molecule has 0 radical (unpaired) electrons. The number of nitro benzene ring substituents is 1. The fraction of sp³-hybridized carbons (Fsp3) is 0.391. The molecular formula is C23H28ClN3O4. The highest BCUT2D eigenvalue weighted by atomic mass is 35.5. The Morgan fingerprint density at radius 1 is 1.10 bits per heavy atom. The maximum atomic E-state index is 13.3. The average Bonchev–Trinajstić information content (AvgIpc) is 2.73. The molecule has 0 saturated carbocycles. The topological polar surface area (TPSA) is 92.6 Å². The van der Waals surface area contributed by atoms with Crippen molar-refractivity contribution in [2.75, 3.05) is 6.54 Å². The van der Waals surface area contributed by atoms with Crippen molar-refractivity contribution in [3.8, 4) is 0 Å². The van der Waals surface area contributed by atoms with Gasteiger partial charge in [0.15, 0.2) is 0 Å². The lowest BCUT2D eigenvalue weighted by atomic mass is 10.1. The second kappa shape index (κ2) is 11.5. The van der Waals surface area contributed by atoms with Gasteiger partial charge in [0, 0.05) is 29.7 Å². The Morgan fingerprint density at radius 2 is 1.71 bits per heavy atom. The minimum absolute atomic E-state index is 0.120. The van der Waals surface area contributed by atoms with E-state index < -0.39 is 11.0 Å². The highest BCUT2D eigenvalue weighted by molar-refractivity contribution is 6.31. The molecule has 0 aliphatic carbocycles. The summed E-state index contributed by atoms with van der Waals surface area (Å²) in [5.74, 6) is -0.360. The van der Waals surface area contributed by atoms with E-state index in [1.807, 2.05) is 26.8 Å². The molecule has 0 heterocycles. The number of carbonyl (C=O) groups is 2. The summed E-state index contributed by atoms with van der Waals surface area (Å²) >= 11 is 6.30. The molecule has 2 aromatic rings. The quantitative estimate of drug-likeness (QED) is 0.434. The first-order valence-electron chi connectivity index (χ1n) is 10.3. The maximum Gasteiger partial charge on any atom is 0.273 e. The molecule has 7 nitrogen and oxygen atoms in total. The van der Waals surface area contributed by atoms with Gasteiger partial charge >= 0.3 is 0 Å². The molecule has 0 saturated heterocycles. The Morgan fingerprint density at radius 3 is 2.29 bits per heavy atom. The molecule has 8 heteroatoms. The van der Waals surface area contributed by atoms with Crippen LogP contribution in [0.15, 0.2) is 48.5 Å². The van der Waals surface area contributed by atoms with E-state index in [0.717, 1.165) is 0 Å². The van der Waals surface area contributed by atoms with E-state index in [2.05, 4.69) is 5.32 Å². The van der Waals surface area contributed by atoms with Gasteiger partial charge in [-0.1, -0.05) is 68.8 Å². The zero-order valence-corrected chi connectivity index (χ0v) is 18.8. The summed E-state index contributed by atoms with van der Waals surface area (Å²) in [5, 5.41) is 14.7. The highest BCUT2D eigenvalue weighted by Gasteiger charge is 2.30. The smallest absolute Gasteiger partial charge is 0.273 e. The van der Waals surface area contributed by atoms with E-state index in [4.69, 9.17) is 11.6 Å². The number of nitrogens with one attached hydrogen (secondary N) is 1. The number of benzene rings is 2. The van der Waals surface area contributed by atoms with Crippen molar-refractivity contribution in [3.05, 3.63) is 74.8 Å². The van der Waals surface area contributed by atoms with E-state index in [-0.39, 0.29) is 36.4 Å². The van der Waals surface area contributed by atoms with Gasteiger partial charge in [0.05, 0.1) is 11.3 Å². The van der Waals surface area contributed by atoms with Gasteiger partial charge in [-0.05, 0) is 24.0 Å². The van der Waals surface area contributed by atoms with Crippen LogP contribution in [0, 0.1) is 16.0 Å². The second-order valence-corrected chi connectivity index (χ2v) is 8.15. The van der Waals surface area contributed by atoms with Crippen molar-refractivity contribution in [1.82, 2.24) is 10.2 Å². The predicted octanol–water partition coefficient (Wildman–Crippen LogP) is 4.37. The van der Waals surface area contributed by atoms with Crippen molar-refractivity contribution in [1.29, 1.82) is 0 Å². The lowest BCUT2D eigenvalue weighted by Crippen LogP contribution is -2.50. The molecule has 2 aromatic carbocycles. The first kappa shape index (κ1) is 24.3. The van der Waals surface area contributed by atoms with Crippen LogP contribution < -0.4 is 5.32 Å². The molecule has 1 N–H and O–H groups in total. The van der Waals surface area contributed by atoms with Gasteiger partial charge in [0.2, 0.25) is 11.8 Å². The first-order valence-corrected chi connectivity index (χ1v) is 10.6. The normalized spacial score (nSPS) is 11.8. The number of rotatable bonds is 10. The second-order valence-electron chi connectivity index (χ2n) is 7.74. The van der Waals surface area contributed by atoms with E-state index in [1.54, 1.807) is 36.4 Å². The predicted molar refractivity (Wildman–Crippen MR) is 121 cm³/mol. The highest BCUT2D eigenvalue weighted by Crippen LogP contribution is 2.23. The molecule has 1 atom stereocenters. The molecule has 0 spiro atoms. The van der Waals surface area contributed by atoms with Crippen molar-refractivity contribution < 1.29 is 14.5 Å². The fourth-order valence-electron chi connectivity index (χ4n) is 3.26. The third kappa shape index (κ3) is 6.79. The Kier molecular flexibility index (Phi) is 9.00. The number of para-hydroxylation sites is 1. The number of halogens is 1. The summed E-state index contributed by atoms with van der Waals surface area (Å²) in [6.45, 7) is 6.43. The summed E-state index contributed by atoms with van der Waals surface area (Å²) in [5.41, 5.74) is 0.889. The van der Waals surface area contributed by atoms with Crippen molar-refractivity contribution in [2.45, 2.75) is 46.2 Å². The van der Waals surface area contributed by atoms with E-state index in [1.165, 1.54) is 11.0 Å². The molecule has 0 bridgehead atoms.